The molecule has 3 rings (SSSR count). The first-order valence-electron chi connectivity index (χ1n) is 8.51. The van der Waals surface area contributed by atoms with E-state index in [1.807, 2.05) is 4.68 Å². The molecule has 0 spiro atoms. The lowest BCUT2D eigenvalue weighted by atomic mass is 9.81. The molecule has 1 heterocycles. The minimum atomic E-state index is 0.575. The summed E-state index contributed by atoms with van der Waals surface area (Å²) in [5.74, 6) is 0.810. The van der Waals surface area contributed by atoms with E-state index in [0.29, 0.717) is 6.04 Å². The van der Waals surface area contributed by atoms with Crippen LogP contribution in [0.5, 0.6) is 0 Å². The maximum absolute atomic E-state index is 4.18. The fourth-order valence-corrected chi connectivity index (χ4v) is 3.52. The standard InChI is InChI=1S/C18H26N4/c1-3-7-16(8-4-1)13-18(17-9-5-2-6-10-17)20-11-12-22-15-19-14-21-22/h1,3-4,7-8,14-15,17-18,20H,2,5-6,9-13H2/t18-/m0/s1. The first-order chi connectivity index (χ1) is 10.9. The van der Waals surface area contributed by atoms with Crippen molar-refractivity contribution in [3.8, 4) is 0 Å². The largest absolute Gasteiger partial charge is 0.312 e. The molecule has 1 aromatic carbocycles. The van der Waals surface area contributed by atoms with Crippen molar-refractivity contribution in [2.45, 2.75) is 51.1 Å². The summed E-state index contributed by atoms with van der Waals surface area (Å²) in [5.41, 5.74) is 1.44. The van der Waals surface area contributed by atoms with E-state index in [-0.39, 0.29) is 0 Å². The van der Waals surface area contributed by atoms with E-state index in [2.05, 4.69) is 45.7 Å². The van der Waals surface area contributed by atoms with E-state index >= 15 is 0 Å². The minimum Gasteiger partial charge on any atom is -0.312 e. The van der Waals surface area contributed by atoms with Gasteiger partial charge >= 0.3 is 0 Å². The van der Waals surface area contributed by atoms with Crippen molar-refractivity contribution < 1.29 is 0 Å². The number of rotatable bonds is 7. The fraction of sp³-hybridized carbons (Fsp3) is 0.556. The summed E-state index contributed by atoms with van der Waals surface area (Å²) in [6.07, 6.45) is 11.4. The molecule has 1 atom stereocenters. The highest BCUT2D eigenvalue weighted by atomic mass is 15.3. The summed E-state index contributed by atoms with van der Waals surface area (Å²) in [6, 6.07) is 11.4. The lowest BCUT2D eigenvalue weighted by molar-refractivity contribution is 0.264. The molecule has 2 aromatic rings. The van der Waals surface area contributed by atoms with Crippen molar-refractivity contribution >= 4 is 0 Å². The van der Waals surface area contributed by atoms with Crippen LogP contribution in [-0.4, -0.2) is 27.4 Å². The highest BCUT2D eigenvalue weighted by molar-refractivity contribution is 5.16. The molecule has 1 aliphatic rings. The van der Waals surface area contributed by atoms with Crippen molar-refractivity contribution in [1.29, 1.82) is 0 Å². The molecule has 0 saturated heterocycles. The van der Waals surface area contributed by atoms with E-state index < -0.39 is 0 Å². The van der Waals surface area contributed by atoms with Gasteiger partial charge in [0.1, 0.15) is 12.7 Å². The molecule has 0 amide bonds. The molecular weight excluding hydrogens is 272 g/mol. The van der Waals surface area contributed by atoms with Crippen LogP contribution in [0.2, 0.25) is 0 Å². The quantitative estimate of drug-likeness (QED) is 0.854. The Labute approximate surface area is 133 Å². The summed E-state index contributed by atoms with van der Waals surface area (Å²) in [6.45, 7) is 1.84. The van der Waals surface area contributed by atoms with E-state index in [1.54, 1.807) is 12.7 Å². The summed E-state index contributed by atoms with van der Waals surface area (Å²) in [4.78, 5) is 4.00. The molecule has 1 N–H and O–H groups in total. The van der Waals surface area contributed by atoms with Gasteiger partial charge in [0.2, 0.25) is 0 Å². The summed E-state index contributed by atoms with van der Waals surface area (Å²) in [5, 5.41) is 7.96. The van der Waals surface area contributed by atoms with Gasteiger partial charge in [0.05, 0.1) is 6.54 Å². The van der Waals surface area contributed by atoms with Crippen molar-refractivity contribution in [2.24, 2.45) is 5.92 Å². The number of hydrogen-bond acceptors (Lipinski definition) is 3. The zero-order chi connectivity index (χ0) is 15.0. The van der Waals surface area contributed by atoms with E-state index in [9.17, 15) is 0 Å². The molecule has 4 heteroatoms. The lowest BCUT2D eigenvalue weighted by Crippen LogP contribution is -2.40. The molecule has 22 heavy (non-hydrogen) atoms. The minimum absolute atomic E-state index is 0.575. The van der Waals surface area contributed by atoms with Gasteiger partial charge in [-0.1, -0.05) is 49.6 Å². The van der Waals surface area contributed by atoms with Gasteiger partial charge in [0.25, 0.3) is 0 Å². The second-order valence-electron chi connectivity index (χ2n) is 6.31. The smallest absolute Gasteiger partial charge is 0.137 e. The summed E-state index contributed by atoms with van der Waals surface area (Å²) in [7, 11) is 0. The van der Waals surface area contributed by atoms with Crippen LogP contribution in [0.4, 0.5) is 0 Å². The molecule has 118 valence electrons. The van der Waals surface area contributed by atoms with Gasteiger partial charge in [-0.05, 0) is 30.7 Å². The van der Waals surface area contributed by atoms with Crippen LogP contribution in [0.1, 0.15) is 37.7 Å². The zero-order valence-electron chi connectivity index (χ0n) is 13.2. The summed E-state index contributed by atoms with van der Waals surface area (Å²) >= 11 is 0. The third-order valence-electron chi connectivity index (χ3n) is 4.73. The Kier molecular flexibility index (Phi) is 5.59. The monoisotopic (exact) mass is 298 g/mol. The maximum atomic E-state index is 4.18. The number of hydrogen-bond donors (Lipinski definition) is 1. The van der Waals surface area contributed by atoms with E-state index in [0.717, 1.165) is 25.4 Å². The van der Waals surface area contributed by atoms with Crippen LogP contribution in [0, 0.1) is 5.92 Å². The molecular formula is C18H26N4. The highest BCUT2D eigenvalue weighted by Crippen LogP contribution is 2.28. The highest BCUT2D eigenvalue weighted by Gasteiger charge is 2.23. The van der Waals surface area contributed by atoms with Gasteiger partial charge in [-0.15, -0.1) is 0 Å². The molecule has 1 fully saturated rings. The SMILES string of the molecule is c1ccc(C[C@H](NCCn2cncn2)C2CCCCC2)cc1. The second-order valence-corrected chi connectivity index (χ2v) is 6.31. The molecule has 1 saturated carbocycles. The fourth-order valence-electron chi connectivity index (χ4n) is 3.52. The van der Waals surface area contributed by atoms with Crippen molar-refractivity contribution in [3.05, 3.63) is 48.5 Å². The van der Waals surface area contributed by atoms with Gasteiger partial charge in [0.15, 0.2) is 0 Å². The Bertz CT molecular complexity index is 517. The average molecular weight is 298 g/mol. The van der Waals surface area contributed by atoms with E-state index in [4.69, 9.17) is 0 Å². The normalized spacial score (nSPS) is 17.5. The Morgan fingerprint density at radius 1 is 1.14 bits per heavy atom. The second kappa shape index (κ2) is 8.08. The molecule has 0 unspecified atom stereocenters. The zero-order valence-corrected chi connectivity index (χ0v) is 13.2. The average Bonchev–Trinajstić information content (AvgIpc) is 3.09. The Hall–Kier alpha value is -1.68. The first-order valence-corrected chi connectivity index (χ1v) is 8.51. The summed E-state index contributed by atoms with van der Waals surface area (Å²) < 4.78 is 1.90. The topological polar surface area (TPSA) is 42.7 Å². The molecule has 0 bridgehead atoms. The Morgan fingerprint density at radius 3 is 2.68 bits per heavy atom. The number of nitrogens with one attached hydrogen (secondary N) is 1. The van der Waals surface area contributed by atoms with Crippen molar-refractivity contribution in [1.82, 2.24) is 20.1 Å². The van der Waals surface area contributed by atoms with Crippen LogP contribution in [0.3, 0.4) is 0 Å². The van der Waals surface area contributed by atoms with Gasteiger partial charge in [-0.2, -0.15) is 5.10 Å². The molecule has 4 nitrogen and oxygen atoms in total. The van der Waals surface area contributed by atoms with Crippen LogP contribution in [0.15, 0.2) is 43.0 Å². The molecule has 1 aliphatic carbocycles. The lowest BCUT2D eigenvalue weighted by Gasteiger charge is -2.31. The Balaban J connectivity index is 1.57. The van der Waals surface area contributed by atoms with Crippen LogP contribution < -0.4 is 5.32 Å². The molecule has 0 aliphatic heterocycles. The van der Waals surface area contributed by atoms with Gasteiger partial charge in [-0.25, -0.2) is 4.98 Å². The third-order valence-corrected chi connectivity index (χ3v) is 4.73. The van der Waals surface area contributed by atoms with Gasteiger partial charge in [0, 0.05) is 12.6 Å². The number of benzene rings is 1. The van der Waals surface area contributed by atoms with Gasteiger partial charge < -0.3 is 5.32 Å². The number of aromatic nitrogens is 3. The third kappa shape index (κ3) is 4.41. The van der Waals surface area contributed by atoms with E-state index in [1.165, 1.54) is 37.7 Å². The van der Waals surface area contributed by atoms with Crippen LogP contribution in [0.25, 0.3) is 0 Å². The van der Waals surface area contributed by atoms with Crippen LogP contribution >= 0.6 is 0 Å². The maximum Gasteiger partial charge on any atom is 0.137 e. The molecule has 1 aromatic heterocycles. The predicted molar refractivity (Wildman–Crippen MR) is 88.5 cm³/mol. The van der Waals surface area contributed by atoms with Crippen molar-refractivity contribution in [2.75, 3.05) is 6.54 Å². The predicted octanol–water partition coefficient (Wildman–Crippen LogP) is 3.06. The van der Waals surface area contributed by atoms with Crippen LogP contribution in [-0.2, 0) is 13.0 Å². The first kappa shape index (κ1) is 15.2. The number of nitrogens with zero attached hydrogens (tertiary/aromatic N) is 3. The van der Waals surface area contributed by atoms with Gasteiger partial charge in [-0.3, -0.25) is 4.68 Å². The van der Waals surface area contributed by atoms with Crippen molar-refractivity contribution in [3.63, 3.8) is 0 Å². The Morgan fingerprint density at radius 2 is 1.95 bits per heavy atom. The molecule has 0 radical (unpaired) electrons.